The van der Waals surface area contributed by atoms with E-state index in [1.54, 1.807) is 26.0 Å². The van der Waals surface area contributed by atoms with Crippen LogP contribution in [-0.2, 0) is 9.59 Å². The van der Waals surface area contributed by atoms with E-state index in [1.807, 2.05) is 13.8 Å². The third-order valence-electron chi connectivity index (χ3n) is 4.02. The van der Waals surface area contributed by atoms with Gasteiger partial charge in [-0.2, -0.15) is 0 Å². The highest BCUT2D eigenvalue weighted by Crippen LogP contribution is 2.33. The zero-order valence-electron chi connectivity index (χ0n) is 16.7. The summed E-state index contributed by atoms with van der Waals surface area (Å²) in [6.45, 7) is 7.90. The van der Waals surface area contributed by atoms with Crippen LogP contribution in [0.5, 0.6) is 17.2 Å². The maximum absolute atomic E-state index is 12.3. The molecule has 0 aliphatic carbocycles. The lowest BCUT2D eigenvalue weighted by Crippen LogP contribution is -2.27. The zero-order chi connectivity index (χ0) is 21.7. The first-order valence-corrected chi connectivity index (χ1v) is 9.03. The molecule has 2 aromatic rings. The molecular formula is C21H24N2O6. The summed E-state index contributed by atoms with van der Waals surface area (Å²) in [5, 5.41) is 23.7. The Morgan fingerprint density at radius 1 is 1.07 bits per heavy atom. The molecule has 0 radical (unpaired) electrons. The number of phenols is 1. The number of amides is 2. The Morgan fingerprint density at radius 3 is 2.24 bits per heavy atom. The molecule has 0 aliphatic heterocycles. The van der Waals surface area contributed by atoms with Gasteiger partial charge in [-0.1, -0.05) is 13.8 Å². The van der Waals surface area contributed by atoms with Gasteiger partial charge in [-0.3, -0.25) is 9.59 Å². The molecule has 0 spiro atoms. The number of carboxylic acid groups (broad SMARTS) is 1. The van der Waals surface area contributed by atoms with Gasteiger partial charge in [0.25, 0.3) is 5.91 Å². The number of rotatable bonds is 6. The van der Waals surface area contributed by atoms with Gasteiger partial charge in [-0.05, 0) is 61.2 Å². The number of nitrogens with one attached hydrogen (secondary N) is 2. The summed E-state index contributed by atoms with van der Waals surface area (Å²) in [7, 11) is 0. The zero-order valence-corrected chi connectivity index (χ0v) is 16.7. The lowest BCUT2D eigenvalue weighted by molar-refractivity contribution is -0.147. The monoisotopic (exact) mass is 400 g/mol. The Balaban J connectivity index is 2.25. The van der Waals surface area contributed by atoms with Crippen LogP contribution >= 0.6 is 0 Å². The van der Waals surface area contributed by atoms with Gasteiger partial charge in [-0.15, -0.1) is 0 Å². The topological polar surface area (TPSA) is 125 Å². The Labute approximate surface area is 168 Å². The van der Waals surface area contributed by atoms with E-state index in [1.165, 1.54) is 18.2 Å². The molecule has 0 aliphatic rings. The number of carbonyl (C=O) groups is 3. The van der Waals surface area contributed by atoms with Crippen molar-refractivity contribution in [3.05, 3.63) is 47.0 Å². The Morgan fingerprint density at radius 2 is 1.69 bits per heavy atom. The fourth-order valence-corrected chi connectivity index (χ4v) is 2.64. The van der Waals surface area contributed by atoms with Gasteiger partial charge in [0.2, 0.25) is 0 Å². The normalized spacial score (nSPS) is 10.5. The fourth-order valence-electron chi connectivity index (χ4n) is 2.64. The summed E-state index contributed by atoms with van der Waals surface area (Å²) in [5.41, 5.74) is 1.75. The van der Waals surface area contributed by atoms with E-state index >= 15 is 0 Å². The van der Waals surface area contributed by atoms with E-state index < -0.39 is 17.8 Å². The molecule has 8 nitrogen and oxygen atoms in total. The van der Waals surface area contributed by atoms with E-state index in [4.69, 9.17) is 9.84 Å². The summed E-state index contributed by atoms with van der Waals surface area (Å²) in [6.07, 6.45) is 0. The minimum absolute atomic E-state index is 0.101. The van der Waals surface area contributed by atoms with Crippen molar-refractivity contribution in [2.24, 2.45) is 5.92 Å². The Hall–Kier alpha value is -3.55. The number of aliphatic carboxylic acids is 1. The number of carbonyl (C=O) groups excluding carboxylic acids is 2. The molecule has 0 saturated carbocycles. The number of ether oxygens (including phenoxy) is 1. The number of hydrogen-bond donors (Lipinski definition) is 4. The number of aryl methyl sites for hydroxylation is 2. The predicted octanol–water partition coefficient (Wildman–Crippen LogP) is 3.21. The number of carboxylic acids is 1. The van der Waals surface area contributed by atoms with E-state index in [0.717, 1.165) is 0 Å². The minimum atomic E-state index is -1.58. The van der Waals surface area contributed by atoms with Crippen molar-refractivity contribution in [2.45, 2.75) is 27.7 Å². The average Bonchev–Trinajstić information content (AvgIpc) is 2.63. The van der Waals surface area contributed by atoms with Crippen molar-refractivity contribution in [1.82, 2.24) is 5.32 Å². The quantitative estimate of drug-likeness (QED) is 0.552. The van der Waals surface area contributed by atoms with Crippen LogP contribution in [0.1, 0.15) is 35.3 Å². The SMILES string of the molecule is Cc1cc(NC(=O)C(=O)O)cc(C)c1Oc1ccc(O)c(C(=O)NCC(C)C)c1. The highest BCUT2D eigenvalue weighted by Gasteiger charge is 2.16. The molecule has 0 atom stereocenters. The third-order valence-corrected chi connectivity index (χ3v) is 4.02. The van der Waals surface area contributed by atoms with Crippen molar-refractivity contribution in [1.29, 1.82) is 0 Å². The van der Waals surface area contributed by atoms with Crippen LogP contribution in [0.25, 0.3) is 0 Å². The Bertz CT molecular complexity index is 929. The van der Waals surface area contributed by atoms with Crippen molar-refractivity contribution in [3.8, 4) is 17.2 Å². The summed E-state index contributed by atoms with van der Waals surface area (Å²) in [6, 6.07) is 7.53. The van der Waals surface area contributed by atoms with Crippen LogP contribution in [0, 0.1) is 19.8 Å². The fraction of sp³-hybridized carbons (Fsp3) is 0.286. The molecule has 0 fully saturated rings. The predicted molar refractivity (Wildman–Crippen MR) is 108 cm³/mol. The molecule has 0 heterocycles. The van der Waals surface area contributed by atoms with Crippen LogP contribution in [-0.4, -0.2) is 34.5 Å². The Kier molecular flexibility index (Phi) is 6.82. The van der Waals surface area contributed by atoms with Gasteiger partial charge in [-0.25, -0.2) is 4.79 Å². The second-order valence-corrected chi connectivity index (χ2v) is 7.08. The summed E-state index contributed by atoms with van der Waals surface area (Å²) >= 11 is 0. The molecule has 29 heavy (non-hydrogen) atoms. The lowest BCUT2D eigenvalue weighted by atomic mass is 10.1. The van der Waals surface area contributed by atoms with E-state index in [-0.39, 0.29) is 17.2 Å². The van der Waals surface area contributed by atoms with Crippen molar-refractivity contribution in [2.75, 3.05) is 11.9 Å². The number of benzene rings is 2. The van der Waals surface area contributed by atoms with Gasteiger partial charge in [0.1, 0.15) is 17.2 Å². The lowest BCUT2D eigenvalue weighted by Gasteiger charge is -2.15. The van der Waals surface area contributed by atoms with Crippen LogP contribution in [0.3, 0.4) is 0 Å². The first-order valence-electron chi connectivity index (χ1n) is 9.03. The van der Waals surface area contributed by atoms with Crippen LogP contribution in [0.4, 0.5) is 5.69 Å². The highest BCUT2D eigenvalue weighted by molar-refractivity contribution is 6.36. The molecule has 2 amide bonds. The largest absolute Gasteiger partial charge is 0.507 e. The standard InChI is InChI=1S/C21H24N2O6/c1-11(2)10-22-19(25)16-9-15(5-6-17(16)24)29-18-12(3)7-14(8-13(18)4)23-20(26)21(27)28/h5-9,11,24H,10H2,1-4H3,(H,22,25)(H,23,26)(H,27,28). The van der Waals surface area contributed by atoms with Gasteiger partial charge in [0.15, 0.2) is 0 Å². The van der Waals surface area contributed by atoms with Crippen molar-refractivity contribution >= 4 is 23.5 Å². The maximum Gasteiger partial charge on any atom is 0.394 e. The molecule has 0 saturated heterocycles. The number of aromatic hydroxyl groups is 1. The van der Waals surface area contributed by atoms with Crippen LogP contribution in [0.15, 0.2) is 30.3 Å². The second kappa shape index (κ2) is 9.09. The molecule has 2 aromatic carbocycles. The number of phenolic OH excluding ortho intramolecular Hbond substituents is 1. The van der Waals surface area contributed by atoms with Crippen LogP contribution < -0.4 is 15.4 Å². The summed E-state index contributed by atoms with van der Waals surface area (Å²) < 4.78 is 5.90. The molecule has 4 N–H and O–H groups in total. The van der Waals surface area contributed by atoms with E-state index in [9.17, 15) is 19.5 Å². The second-order valence-electron chi connectivity index (χ2n) is 7.08. The highest BCUT2D eigenvalue weighted by atomic mass is 16.5. The number of anilines is 1. The minimum Gasteiger partial charge on any atom is -0.507 e. The van der Waals surface area contributed by atoms with E-state index in [0.29, 0.717) is 34.9 Å². The van der Waals surface area contributed by atoms with Crippen molar-refractivity contribution in [3.63, 3.8) is 0 Å². The molecule has 8 heteroatoms. The smallest absolute Gasteiger partial charge is 0.394 e. The van der Waals surface area contributed by atoms with Crippen molar-refractivity contribution < 1.29 is 29.3 Å². The molecular weight excluding hydrogens is 376 g/mol. The first-order chi connectivity index (χ1) is 13.6. The summed E-state index contributed by atoms with van der Waals surface area (Å²) in [4.78, 5) is 34.3. The van der Waals surface area contributed by atoms with Gasteiger partial charge in [0, 0.05) is 12.2 Å². The molecule has 0 unspecified atom stereocenters. The summed E-state index contributed by atoms with van der Waals surface area (Å²) in [5.74, 6) is -2.14. The van der Waals surface area contributed by atoms with Gasteiger partial charge >= 0.3 is 11.9 Å². The van der Waals surface area contributed by atoms with Crippen LogP contribution in [0.2, 0.25) is 0 Å². The van der Waals surface area contributed by atoms with E-state index in [2.05, 4.69) is 10.6 Å². The molecule has 154 valence electrons. The van der Waals surface area contributed by atoms with Gasteiger partial charge in [0.05, 0.1) is 5.56 Å². The number of hydrogen-bond acceptors (Lipinski definition) is 5. The average molecular weight is 400 g/mol. The first kappa shape index (κ1) is 21.7. The molecule has 2 rings (SSSR count). The third kappa shape index (κ3) is 5.71. The molecule has 0 aromatic heterocycles. The maximum atomic E-state index is 12.3. The molecule has 0 bridgehead atoms. The van der Waals surface area contributed by atoms with Gasteiger partial charge < -0.3 is 25.6 Å².